The van der Waals surface area contributed by atoms with E-state index in [0.29, 0.717) is 0 Å². The van der Waals surface area contributed by atoms with Crippen LogP contribution in [0.5, 0.6) is 0 Å². The van der Waals surface area contributed by atoms with Crippen LogP contribution in [0.3, 0.4) is 0 Å². The third kappa shape index (κ3) is 7.93. The molecule has 0 spiro atoms. The van der Waals surface area contributed by atoms with E-state index in [1.165, 1.54) is 23.7 Å². The lowest BCUT2D eigenvalue weighted by Crippen LogP contribution is -2.38. The predicted octanol–water partition coefficient (Wildman–Crippen LogP) is 9.52. The van der Waals surface area contributed by atoms with E-state index in [9.17, 15) is 0 Å². The molecule has 0 heteroatoms. The molecule has 9 rings (SSSR count). The Balaban J connectivity index is 0.000000315. The maximum absolute atomic E-state index is 2.00. The molecule has 0 aromatic rings. The van der Waals surface area contributed by atoms with Gasteiger partial charge in [0.1, 0.15) is 0 Å². The van der Waals surface area contributed by atoms with Crippen molar-refractivity contribution in [1.29, 1.82) is 0 Å². The summed E-state index contributed by atoms with van der Waals surface area (Å²) in [6, 6.07) is 0. The van der Waals surface area contributed by atoms with Crippen molar-refractivity contribution in [3.8, 4) is 0 Å². The second-order valence-electron chi connectivity index (χ2n) is 8.68. The van der Waals surface area contributed by atoms with Crippen molar-refractivity contribution in [2.24, 2.45) is 35.5 Å². The highest BCUT2D eigenvalue weighted by Crippen LogP contribution is 2.53. The van der Waals surface area contributed by atoms with Crippen LogP contribution in [0.15, 0.2) is 0 Å². The fourth-order valence-electron chi connectivity index (χ4n) is 5.30. The predicted molar refractivity (Wildman–Crippen MR) is 122 cm³/mol. The fraction of sp³-hybridized carbons (Fsp3) is 1.00. The summed E-state index contributed by atoms with van der Waals surface area (Å²) in [4.78, 5) is 0. The summed E-state index contributed by atoms with van der Waals surface area (Å²) in [5.41, 5.74) is 0. The van der Waals surface area contributed by atoms with Gasteiger partial charge in [-0.25, -0.2) is 0 Å². The minimum Gasteiger partial charge on any atom is -0.0776 e. The van der Waals surface area contributed by atoms with Gasteiger partial charge in [0.25, 0.3) is 0 Å². The van der Waals surface area contributed by atoms with Gasteiger partial charge < -0.3 is 0 Å². The summed E-state index contributed by atoms with van der Waals surface area (Å²) in [6.45, 7) is 12.0. The Morgan fingerprint density at radius 1 is 0.308 bits per heavy atom. The Morgan fingerprint density at radius 2 is 0.462 bits per heavy atom. The molecule has 158 valence electrons. The summed E-state index contributed by atoms with van der Waals surface area (Å²) in [6.07, 6.45) is 20.4. The zero-order chi connectivity index (χ0) is 18.7. The summed E-state index contributed by atoms with van der Waals surface area (Å²) in [5, 5.41) is 0. The van der Waals surface area contributed by atoms with Gasteiger partial charge in [0.15, 0.2) is 0 Å². The van der Waals surface area contributed by atoms with Crippen LogP contribution in [-0.2, 0) is 0 Å². The van der Waals surface area contributed by atoms with Gasteiger partial charge in [-0.3, -0.25) is 0 Å². The molecule has 0 aromatic carbocycles. The molecule has 0 nitrogen and oxygen atoms in total. The van der Waals surface area contributed by atoms with Crippen LogP contribution < -0.4 is 0 Å². The Labute approximate surface area is 168 Å². The Morgan fingerprint density at radius 3 is 0.538 bits per heavy atom. The van der Waals surface area contributed by atoms with Gasteiger partial charge in [-0.05, 0) is 67.6 Å². The fourth-order valence-corrected chi connectivity index (χ4v) is 5.30. The molecule has 0 radical (unpaired) electrons. The molecule has 0 atom stereocenters. The SMILES string of the molecule is C.C1C2CC1C2.C1CC2CC1C2.C1CC2CCC1CC2.CC.CC.CC. The number of hydrogen-bond acceptors (Lipinski definition) is 0. The van der Waals surface area contributed by atoms with Crippen molar-refractivity contribution in [2.75, 3.05) is 0 Å². The van der Waals surface area contributed by atoms with E-state index in [1.807, 2.05) is 41.5 Å². The topological polar surface area (TPSA) is 0 Å². The van der Waals surface area contributed by atoms with Gasteiger partial charge in [-0.1, -0.05) is 100 Å². The van der Waals surface area contributed by atoms with Crippen LogP contribution >= 0.6 is 0 Å². The quantitative estimate of drug-likeness (QED) is 0.400. The van der Waals surface area contributed by atoms with E-state index in [0.717, 1.165) is 11.8 Å². The molecule has 26 heavy (non-hydrogen) atoms. The maximum Gasteiger partial charge on any atom is -0.0406 e. The van der Waals surface area contributed by atoms with Gasteiger partial charge in [-0.2, -0.15) is 0 Å². The Bertz CT molecular complexity index is 236. The number of rotatable bonds is 0. The average Bonchev–Trinajstić information content (AvgIpc) is 3.26. The first-order valence-electron chi connectivity index (χ1n) is 12.3. The summed E-state index contributed by atoms with van der Waals surface area (Å²) >= 11 is 0. The van der Waals surface area contributed by atoms with E-state index < -0.39 is 0 Å². The highest BCUT2D eigenvalue weighted by atomic mass is 14.5. The standard InChI is InChI=1S/C8H14.C6H10.C5H8.3C2H6.CH4/c1-2-8-5-3-7(1)4-6-8;1-2-6-3-5(1)4-6;1-4-2-5(1)3-4;3*1-2;/h7-8H,1-6H2;5-6H,1-4H2;4-5H,1-3H2;3*1-2H3;1H4. The van der Waals surface area contributed by atoms with Crippen LogP contribution in [0.2, 0.25) is 0 Å². The molecule has 9 aliphatic rings. The first-order valence-corrected chi connectivity index (χ1v) is 12.3. The number of hydrogen-bond donors (Lipinski definition) is 0. The van der Waals surface area contributed by atoms with E-state index in [2.05, 4.69) is 0 Å². The normalized spacial score (nSPS) is 37.6. The van der Waals surface area contributed by atoms with Crippen LogP contribution in [-0.4, -0.2) is 0 Å². The maximum atomic E-state index is 2.00. The van der Waals surface area contributed by atoms with Crippen LogP contribution in [0.4, 0.5) is 0 Å². The van der Waals surface area contributed by atoms with Crippen molar-refractivity contribution >= 4 is 0 Å². The van der Waals surface area contributed by atoms with Gasteiger partial charge in [0, 0.05) is 0 Å². The average molecular weight is 367 g/mol. The van der Waals surface area contributed by atoms with E-state index in [-0.39, 0.29) is 7.43 Å². The highest BCUT2D eigenvalue weighted by Gasteiger charge is 2.41. The molecule has 0 amide bonds. The van der Waals surface area contributed by atoms with Gasteiger partial charge in [0.05, 0.1) is 0 Å². The smallest absolute Gasteiger partial charge is 0.0406 e. The highest BCUT2D eigenvalue weighted by molar-refractivity contribution is 4.92. The molecule has 0 heterocycles. The molecule has 6 bridgehead atoms. The first-order chi connectivity index (χ1) is 12.3. The second kappa shape index (κ2) is 15.0. The van der Waals surface area contributed by atoms with Crippen LogP contribution in [0, 0.1) is 35.5 Å². The second-order valence-corrected chi connectivity index (χ2v) is 8.68. The molecule has 9 fully saturated rings. The van der Waals surface area contributed by atoms with Crippen molar-refractivity contribution < 1.29 is 0 Å². The van der Waals surface area contributed by atoms with Gasteiger partial charge >= 0.3 is 0 Å². The first kappa shape index (κ1) is 26.0. The van der Waals surface area contributed by atoms with Gasteiger partial charge in [-0.15, -0.1) is 0 Å². The Hall–Kier alpha value is 0. The molecular formula is C26H54. The lowest BCUT2D eigenvalue weighted by Gasteiger charge is -2.49. The van der Waals surface area contributed by atoms with E-state index in [4.69, 9.17) is 0 Å². The molecule has 0 saturated heterocycles. The lowest BCUT2D eigenvalue weighted by molar-refractivity contribution is 0.0198. The minimum absolute atomic E-state index is 0. The zero-order valence-electron chi connectivity index (χ0n) is 18.7. The number of fused-ring (bicyclic) bond motifs is 4. The van der Waals surface area contributed by atoms with Crippen molar-refractivity contribution in [3.63, 3.8) is 0 Å². The molecule has 9 aliphatic carbocycles. The van der Waals surface area contributed by atoms with Crippen LogP contribution in [0.1, 0.15) is 132 Å². The molecule has 9 saturated carbocycles. The van der Waals surface area contributed by atoms with Crippen molar-refractivity contribution in [3.05, 3.63) is 0 Å². The molecule has 0 N–H and O–H groups in total. The summed E-state index contributed by atoms with van der Waals surface area (Å²) in [5.74, 6) is 7.10. The molecule has 0 aliphatic heterocycles. The third-order valence-electron chi connectivity index (χ3n) is 7.27. The summed E-state index contributed by atoms with van der Waals surface area (Å²) < 4.78 is 0. The molecular weight excluding hydrogens is 312 g/mol. The minimum atomic E-state index is 0. The van der Waals surface area contributed by atoms with Crippen LogP contribution in [0.25, 0.3) is 0 Å². The monoisotopic (exact) mass is 366 g/mol. The third-order valence-corrected chi connectivity index (χ3v) is 7.27. The van der Waals surface area contributed by atoms with E-state index >= 15 is 0 Å². The Kier molecular flexibility index (Phi) is 15.0. The van der Waals surface area contributed by atoms with E-state index in [1.54, 1.807) is 83.5 Å². The van der Waals surface area contributed by atoms with Crippen molar-refractivity contribution in [2.45, 2.75) is 132 Å². The molecule has 0 unspecified atom stereocenters. The largest absolute Gasteiger partial charge is 0.0776 e. The lowest BCUT2D eigenvalue weighted by atomic mass is 9.56. The zero-order valence-corrected chi connectivity index (χ0v) is 18.7. The summed E-state index contributed by atoms with van der Waals surface area (Å²) in [7, 11) is 0. The van der Waals surface area contributed by atoms with Gasteiger partial charge in [0.2, 0.25) is 0 Å². The van der Waals surface area contributed by atoms with Crippen molar-refractivity contribution in [1.82, 2.24) is 0 Å². The molecule has 0 aromatic heterocycles.